The zero-order valence-electron chi connectivity index (χ0n) is 13.0. The van der Waals surface area contributed by atoms with Gasteiger partial charge in [0, 0.05) is 6.54 Å². The van der Waals surface area contributed by atoms with Crippen LogP contribution in [0.4, 0.5) is 4.79 Å². The molecule has 0 aromatic carbocycles. The molecule has 0 radical (unpaired) electrons. The van der Waals surface area contributed by atoms with Gasteiger partial charge in [-0.15, -0.1) is 0 Å². The third-order valence-electron chi connectivity index (χ3n) is 3.18. The first kappa shape index (κ1) is 17.0. The van der Waals surface area contributed by atoms with Crippen molar-refractivity contribution in [2.45, 2.75) is 51.7 Å². The molecule has 1 saturated heterocycles. The third-order valence-corrected chi connectivity index (χ3v) is 3.18. The van der Waals surface area contributed by atoms with Crippen LogP contribution in [0.15, 0.2) is 12.2 Å². The fourth-order valence-electron chi connectivity index (χ4n) is 2.14. The molecule has 5 nitrogen and oxygen atoms in total. The van der Waals surface area contributed by atoms with E-state index < -0.39 is 5.60 Å². The molecule has 0 unspecified atom stereocenters. The fraction of sp³-hybridized carbons (Fsp3) is 0.800. The highest BCUT2D eigenvalue weighted by molar-refractivity contribution is 5.69. The SMILES string of the molecule is C=C(CCCCN)[C@@H]1COCCN1C(=O)OC(C)(C)C. The third kappa shape index (κ3) is 5.51. The van der Waals surface area contributed by atoms with Gasteiger partial charge in [0.15, 0.2) is 0 Å². The zero-order valence-corrected chi connectivity index (χ0v) is 13.0. The number of morpholine rings is 1. The molecule has 0 aliphatic carbocycles. The van der Waals surface area contributed by atoms with E-state index in [1.54, 1.807) is 4.90 Å². The van der Waals surface area contributed by atoms with Gasteiger partial charge >= 0.3 is 6.09 Å². The Morgan fingerprint density at radius 1 is 1.45 bits per heavy atom. The van der Waals surface area contributed by atoms with Crippen LogP contribution in [0.5, 0.6) is 0 Å². The number of amides is 1. The molecule has 1 amide bonds. The number of ether oxygens (including phenoxy) is 2. The number of nitrogens with zero attached hydrogens (tertiary/aromatic N) is 1. The van der Waals surface area contributed by atoms with Crippen LogP contribution in [0, 0.1) is 0 Å². The van der Waals surface area contributed by atoms with Crippen LogP contribution in [-0.2, 0) is 9.47 Å². The van der Waals surface area contributed by atoms with Crippen LogP contribution in [-0.4, -0.2) is 48.9 Å². The maximum absolute atomic E-state index is 12.2. The predicted molar refractivity (Wildman–Crippen MR) is 79.6 cm³/mol. The summed E-state index contributed by atoms with van der Waals surface area (Å²) >= 11 is 0. The average molecular weight is 284 g/mol. The van der Waals surface area contributed by atoms with Gasteiger partial charge in [0.05, 0.1) is 19.3 Å². The normalized spacial score (nSPS) is 19.8. The molecule has 5 heteroatoms. The molecule has 0 spiro atoms. The minimum absolute atomic E-state index is 0.0867. The summed E-state index contributed by atoms with van der Waals surface area (Å²) in [6.45, 7) is 12.0. The number of rotatable bonds is 5. The van der Waals surface area contributed by atoms with Crippen LogP contribution < -0.4 is 5.73 Å². The number of nitrogens with two attached hydrogens (primary N) is 1. The molecule has 1 aliphatic rings. The first-order chi connectivity index (χ1) is 9.35. The first-order valence-corrected chi connectivity index (χ1v) is 7.30. The second kappa shape index (κ2) is 7.64. The highest BCUT2D eigenvalue weighted by Gasteiger charge is 2.32. The molecule has 0 bridgehead atoms. The Kier molecular flexibility index (Phi) is 6.49. The lowest BCUT2D eigenvalue weighted by Crippen LogP contribution is -2.51. The van der Waals surface area contributed by atoms with E-state index in [0.29, 0.717) is 26.3 Å². The summed E-state index contributed by atoms with van der Waals surface area (Å²) in [5.74, 6) is 0. The monoisotopic (exact) mass is 284 g/mol. The van der Waals surface area contributed by atoms with E-state index in [1.165, 1.54) is 0 Å². The highest BCUT2D eigenvalue weighted by Crippen LogP contribution is 2.21. The predicted octanol–water partition coefficient (Wildman–Crippen LogP) is 2.31. The van der Waals surface area contributed by atoms with Crippen LogP contribution in [0.25, 0.3) is 0 Å². The van der Waals surface area contributed by atoms with Crippen molar-refractivity contribution in [1.29, 1.82) is 0 Å². The maximum atomic E-state index is 12.2. The summed E-state index contributed by atoms with van der Waals surface area (Å²) in [5, 5.41) is 0. The highest BCUT2D eigenvalue weighted by atomic mass is 16.6. The van der Waals surface area contributed by atoms with Gasteiger partial charge in [0.25, 0.3) is 0 Å². The van der Waals surface area contributed by atoms with Gasteiger partial charge < -0.3 is 15.2 Å². The van der Waals surface area contributed by atoms with Gasteiger partial charge in [0.1, 0.15) is 5.60 Å². The van der Waals surface area contributed by atoms with Crippen LogP contribution >= 0.6 is 0 Å². The van der Waals surface area contributed by atoms with Gasteiger partial charge in [-0.25, -0.2) is 4.79 Å². The number of unbranched alkanes of at least 4 members (excludes halogenated alkanes) is 1. The van der Waals surface area contributed by atoms with Crippen LogP contribution in [0.2, 0.25) is 0 Å². The smallest absolute Gasteiger partial charge is 0.410 e. The molecule has 1 atom stereocenters. The molecular weight excluding hydrogens is 256 g/mol. The lowest BCUT2D eigenvalue weighted by molar-refractivity contribution is -0.0246. The van der Waals surface area contributed by atoms with E-state index in [-0.39, 0.29) is 12.1 Å². The Hall–Kier alpha value is -1.07. The molecule has 1 rings (SSSR count). The number of carbonyl (C=O) groups is 1. The maximum Gasteiger partial charge on any atom is 0.410 e. The number of hydrogen-bond acceptors (Lipinski definition) is 4. The number of hydrogen-bond donors (Lipinski definition) is 1. The minimum atomic E-state index is -0.485. The van der Waals surface area contributed by atoms with E-state index >= 15 is 0 Å². The Morgan fingerprint density at radius 2 is 2.15 bits per heavy atom. The summed E-state index contributed by atoms with van der Waals surface area (Å²) < 4.78 is 10.9. The van der Waals surface area contributed by atoms with Crippen molar-refractivity contribution in [3.63, 3.8) is 0 Å². The Morgan fingerprint density at radius 3 is 2.75 bits per heavy atom. The summed E-state index contributed by atoms with van der Waals surface area (Å²) in [6.07, 6.45) is 2.54. The summed E-state index contributed by atoms with van der Waals surface area (Å²) in [7, 11) is 0. The van der Waals surface area contributed by atoms with Gasteiger partial charge in [-0.2, -0.15) is 0 Å². The number of carbonyl (C=O) groups excluding carboxylic acids is 1. The largest absolute Gasteiger partial charge is 0.444 e. The van der Waals surface area contributed by atoms with Crippen molar-refractivity contribution in [2.24, 2.45) is 5.73 Å². The summed E-state index contributed by atoms with van der Waals surface area (Å²) in [6, 6.07) is -0.0867. The molecule has 0 aromatic rings. The summed E-state index contributed by atoms with van der Waals surface area (Å²) in [4.78, 5) is 14.0. The Labute approximate surface area is 122 Å². The van der Waals surface area contributed by atoms with Crippen molar-refractivity contribution >= 4 is 6.09 Å². The van der Waals surface area contributed by atoms with E-state index in [0.717, 1.165) is 24.8 Å². The average Bonchev–Trinajstić information content (AvgIpc) is 2.37. The standard InChI is InChI=1S/C15H28N2O3/c1-12(7-5-6-8-16)13-11-19-10-9-17(13)14(18)20-15(2,3)4/h13H,1,5-11,16H2,2-4H3/t13-/m0/s1. The molecule has 2 N–H and O–H groups in total. The van der Waals surface area contributed by atoms with E-state index in [4.69, 9.17) is 15.2 Å². The quantitative estimate of drug-likeness (QED) is 0.621. The van der Waals surface area contributed by atoms with Crippen molar-refractivity contribution in [2.75, 3.05) is 26.3 Å². The lowest BCUT2D eigenvalue weighted by atomic mass is 10.0. The second-order valence-corrected chi connectivity index (χ2v) is 6.17. The van der Waals surface area contributed by atoms with Gasteiger partial charge in [0.2, 0.25) is 0 Å². The van der Waals surface area contributed by atoms with Gasteiger partial charge in [-0.3, -0.25) is 4.90 Å². The molecular formula is C15H28N2O3. The second-order valence-electron chi connectivity index (χ2n) is 6.17. The Balaban J connectivity index is 2.61. The van der Waals surface area contributed by atoms with Crippen molar-refractivity contribution in [3.05, 3.63) is 12.2 Å². The Bertz CT molecular complexity index is 337. The molecule has 1 heterocycles. The molecule has 1 fully saturated rings. The van der Waals surface area contributed by atoms with Crippen molar-refractivity contribution < 1.29 is 14.3 Å². The van der Waals surface area contributed by atoms with Crippen LogP contribution in [0.3, 0.4) is 0 Å². The van der Waals surface area contributed by atoms with Crippen LogP contribution in [0.1, 0.15) is 40.0 Å². The molecule has 116 valence electrons. The molecule has 20 heavy (non-hydrogen) atoms. The van der Waals surface area contributed by atoms with E-state index in [9.17, 15) is 4.79 Å². The molecule has 1 aliphatic heterocycles. The minimum Gasteiger partial charge on any atom is -0.444 e. The van der Waals surface area contributed by atoms with Crippen molar-refractivity contribution in [1.82, 2.24) is 4.90 Å². The molecule has 0 aromatic heterocycles. The fourth-order valence-corrected chi connectivity index (χ4v) is 2.14. The molecule has 0 saturated carbocycles. The van der Waals surface area contributed by atoms with E-state index in [2.05, 4.69) is 6.58 Å². The summed E-state index contributed by atoms with van der Waals surface area (Å²) in [5.41, 5.74) is 6.03. The first-order valence-electron chi connectivity index (χ1n) is 7.30. The van der Waals surface area contributed by atoms with Gasteiger partial charge in [-0.1, -0.05) is 12.2 Å². The zero-order chi connectivity index (χ0) is 15.2. The van der Waals surface area contributed by atoms with Crippen molar-refractivity contribution in [3.8, 4) is 0 Å². The van der Waals surface area contributed by atoms with Gasteiger partial charge in [-0.05, 0) is 46.6 Å². The topological polar surface area (TPSA) is 64.8 Å². The van der Waals surface area contributed by atoms with E-state index in [1.807, 2.05) is 20.8 Å². The lowest BCUT2D eigenvalue weighted by Gasteiger charge is -2.37.